The van der Waals surface area contributed by atoms with Crippen LogP contribution in [0.2, 0.25) is 0 Å². The first-order valence-corrected chi connectivity index (χ1v) is 10.7. The molecule has 0 N–H and O–H groups in total. The second-order valence-electron chi connectivity index (χ2n) is 6.86. The van der Waals surface area contributed by atoms with Crippen molar-refractivity contribution in [3.05, 3.63) is 77.4 Å². The van der Waals surface area contributed by atoms with E-state index in [2.05, 4.69) is 0 Å². The van der Waals surface area contributed by atoms with E-state index in [4.69, 9.17) is 0 Å². The molecular formula is C21H23F2NO2S. The van der Waals surface area contributed by atoms with E-state index in [1.54, 1.807) is 13.8 Å². The van der Waals surface area contributed by atoms with E-state index in [-0.39, 0.29) is 17.4 Å². The van der Waals surface area contributed by atoms with E-state index in [0.29, 0.717) is 18.7 Å². The minimum absolute atomic E-state index is 0.0802. The van der Waals surface area contributed by atoms with Gasteiger partial charge in [-0.05, 0) is 36.3 Å². The topological polar surface area (TPSA) is 37.4 Å². The molecule has 0 aromatic heterocycles. The minimum Gasteiger partial charge on any atom is -0.287 e. The van der Waals surface area contributed by atoms with Crippen molar-refractivity contribution in [2.45, 2.75) is 25.1 Å². The third kappa shape index (κ3) is 4.28. The SMILES string of the molecule is CCS(=O)(=O)C(C)CN1CC(c2cc(F)ccc2F)=C[C@H]1c1ccccc1. The molecule has 0 saturated heterocycles. The van der Waals surface area contributed by atoms with Gasteiger partial charge in [0.25, 0.3) is 0 Å². The van der Waals surface area contributed by atoms with Crippen LogP contribution in [0.4, 0.5) is 8.78 Å². The molecule has 0 spiro atoms. The Bertz CT molecular complexity index is 942. The van der Waals surface area contributed by atoms with Crippen LogP contribution in [0.1, 0.15) is 31.0 Å². The minimum atomic E-state index is -3.19. The first-order chi connectivity index (χ1) is 12.8. The van der Waals surface area contributed by atoms with Gasteiger partial charge in [0.1, 0.15) is 11.6 Å². The number of hydrogen-bond donors (Lipinski definition) is 0. The predicted octanol–water partition coefficient (Wildman–Crippen LogP) is 4.23. The lowest BCUT2D eigenvalue weighted by Crippen LogP contribution is -2.36. The van der Waals surface area contributed by atoms with Crippen molar-refractivity contribution < 1.29 is 17.2 Å². The highest BCUT2D eigenvalue weighted by Crippen LogP contribution is 2.36. The molecule has 6 heteroatoms. The van der Waals surface area contributed by atoms with Crippen molar-refractivity contribution in [1.82, 2.24) is 4.90 Å². The lowest BCUT2D eigenvalue weighted by Gasteiger charge is -2.27. The van der Waals surface area contributed by atoms with Gasteiger partial charge < -0.3 is 0 Å². The number of nitrogens with zero attached hydrogens (tertiary/aromatic N) is 1. The predicted molar refractivity (Wildman–Crippen MR) is 104 cm³/mol. The number of benzene rings is 2. The maximum Gasteiger partial charge on any atom is 0.153 e. The fraction of sp³-hybridized carbons (Fsp3) is 0.333. The fourth-order valence-electron chi connectivity index (χ4n) is 3.45. The Balaban J connectivity index is 1.96. The van der Waals surface area contributed by atoms with E-state index in [9.17, 15) is 17.2 Å². The summed E-state index contributed by atoms with van der Waals surface area (Å²) in [6, 6.07) is 12.9. The summed E-state index contributed by atoms with van der Waals surface area (Å²) < 4.78 is 52.4. The molecule has 27 heavy (non-hydrogen) atoms. The zero-order chi connectivity index (χ0) is 19.6. The van der Waals surface area contributed by atoms with Gasteiger partial charge in [0, 0.05) is 24.4 Å². The Labute approximate surface area is 159 Å². The Morgan fingerprint density at radius 1 is 1.15 bits per heavy atom. The van der Waals surface area contributed by atoms with Gasteiger partial charge in [-0.3, -0.25) is 4.90 Å². The zero-order valence-electron chi connectivity index (χ0n) is 15.4. The van der Waals surface area contributed by atoms with Gasteiger partial charge in [-0.25, -0.2) is 17.2 Å². The molecule has 2 atom stereocenters. The van der Waals surface area contributed by atoms with Crippen molar-refractivity contribution in [3.8, 4) is 0 Å². The van der Waals surface area contributed by atoms with Crippen LogP contribution in [-0.2, 0) is 9.84 Å². The van der Waals surface area contributed by atoms with Gasteiger partial charge in [0.05, 0.1) is 11.3 Å². The van der Waals surface area contributed by atoms with E-state index < -0.39 is 26.7 Å². The standard InChI is InChI=1S/C21H23F2NO2S/c1-3-27(25,26)15(2)13-24-14-17(19-12-18(22)9-10-20(19)23)11-21(24)16-7-5-4-6-8-16/h4-12,15,21H,3,13-14H2,1-2H3/t15?,21-/m0/s1. The van der Waals surface area contributed by atoms with Crippen molar-refractivity contribution in [2.75, 3.05) is 18.8 Å². The summed E-state index contributed by atoms with van der Waals surface area (Å²) in [5.74, 6) is -0.897. The summed E-state index contributed by atoms with van der Waals surface area (Å²) in [6.45, 7) is 4.02. The van der Waals surface area contributed by atoms with E-state index in [1.165, 1.54) is 6.07 Å². The lowest BCUT2D eigenvalue weighted by atomic mass is 10.0. The molecule has 1 heterocycles. The molecule has 1 unspecified atom stereocenters. The third-order valence-corrected chi connectivity index (χ3v) is 7.23. The molecule has 144 valence electrons. The number of halogens is 2. The molecule has 1 aliphatic rings. The van der Waals surface area contributed by atoms with E-state index in [0.717, 1.165) is 17.7 Å². The normalized spacial score (nSPS) is 19.1. The van der Waals surface area contributed by atoms with Crippen molar-refractivity contribution in [2.24, 2.45) is 0 Å². The van der Waals surface area contributed by atoms with E-state index >= 15 is 0 Å². The van der Waals surface area contributed by atoms with Crippen LogP contribution in [0.5, 0.6) is 0 Å². The van der Waals surface area contributed by atoms with Crippen LogP contribution in [0.15, 0.2) is 54.6 Å². The molecule has 0 saturated carbocycles. The van der Waals surface area contributed by atoms with Crippen molar-refractivity contribution >= 4 is 15.4 Å². The molecule has 0 aliphatic carbocycles. The summed E-state index contributed by atoms with van der Waals surface area (Å²) >= 11 is 0. The average molecular weight is 391 g/mol. The lowest BCUT2D eigenvalue weighted by molar-refractivity contribution is 0.278. The van der Waals surface area contributed by atoms with Gasteiger partial charge in [0.2, 0.25) is 0 Å². The number of rotatable bonds is 6. The van der Waals surface area contributed by atoms with Crippen LogP contribution in [0, 0.1) is 11.6 Å². The average Bonchev–Trinajstić information content (AvgIpc) is 3.08. The van der Waals surface area contributed by atoms with Crippen LogP contribution in [-0.4, -0.2) is 37.4 Å². The van der Waals surface area contributed by atoms with Crippen LogP contribution >= 0.6 is 0 Å². The van der Waals surface area contributed by atoms with Gasteiger partial charge in [0.15, 0.2) is 9.84 Å². The molecule has 1 aliphatic heterocycles. The highest BCUT2D eigenvalue weighted by molar-refractivity contribution is 7.92. The maximum atomic E-state index is 14.3. The number of sulfone groups is 1. The molecule has 0 radical (unpaired) electrons. The summed E-state index contributed by atoms with van der Waals surface area (Å²) in [6.07, 6.45) is 1.90. The summed E-state index contributed by atoms with van der Waals surface area (Å²) in [5, 5.41) is -0.543. The van der Waals surface area contributed by atoms with Gasteiger partial charge in [-0.1, -0.05) is 43.3 Å². The molecule has 0 fully saturated rings. The summed E-state index contributed by atoms with van der Waals surface area (Å²) in [7, 11) is -3.19. The third-order valence-electron chi connectivity index (χ3n) is 5.05. The maximum absolute atomic E-state index is 14.3. The van der Waals surface area contributed by atoms with Crippen LogP contribution < -0.4 is 0 Å². The quantitative estimate of drug-likeness (QED) is 0.740. The second kappa shape index (κ2) is 7.90. The Hall–Kier alpha value is -2.05. The zero-order valence-corrected chi connectivity index (χ0v) is 16.2. The molecule has 2 aromatic carbocycles. The van der Waals surface area contributed by atoms with Crippen molar-refractivity contribution in [3.63, 3.8) is 0 Å². The second-order valence-corrected chi connectivity index (χ2v) is 9.57. The van der Waals surface area contributed by atoms with E-state index in [1.807, 2.05) is 41.3 Å². The van der Waals surface area contributed by atoms with Gasteiger partial charge in [-0.15, -0.1) is 0 Å². The Morgan fingerprint density at radius 2 is 1.85 bits per heavy atom. The van der Waals surface area contributed by atoms with Crippen LogP contribution in [0.25, 0.3) is 5.57 Å². The first kappa shape index (κ1) is 19.7. The Morgan fingerprint density at radius 3 is 2.52 bits per heavy atom. The molecule has 0 bridgehead atoms. The number of hydrogen-bond acceptors (Lipinski definition) is 3. The first-order valence-electron chi connectivity index (χ1n) is 8.98. The van der Waals surface area contributed by atoms with Crippen molar-refractivity contribution in [1.29, 1.82) is 0 Å². The highest BCUT2D eigenvalue weighted by atomic mass is 32.2. The monoisotopic (exact) mass is 391 g/mol. The van der Waals surface area contributed by atoms with Gasteiger partial charge >= 0.3 is 0 Å². The summed E-state index contributed by atoms with van der Waals surface area (Å²) in [5.41, 5.74) is 1.89. The summed E-state index contributed by atoms with van der Waals surface area (Å²) in [4.78, 5) is 2.01. The smallest absolute Gasteiger partial charge is 0.153 e. The fourth-order valence-corrected chi connectivity index (χ4v) is 4.44. The Kier molecular flexibility index (Phi) is 5.77. The van der Waals surface area contributed by atoms with Gasteiger partial charge in [-0.2, -0.15) is 0 Å². The van der Waals surface area contributed by atoms with Crippen LogP contribution in [0.3, 0.4) is 0 Å². The largest absolute Gasteiger partial charge is 0.287 e. The molecule has 2 aromatic rings. The molecule has 3 nitrogen and oxygen atoms in total. The highest BCUT2D eigenvalue weighted by Gasteiger charge is 2.31. The molecular weight excluding hydrogens is 368 g/mol. The molecule has 3 rings (SSSR count). The molecule has 0 amide bonds.